The molecule has 0 aliphatic heterocycles. The van der Waals surface area contributed by atoms with E-state index in [1.165, 1.54) is 372 Å². The number of carbonyl (C=O) groups is 1. The molecule has 0 aliphatic rings. The third kappa shape index (κ3) is 65.2. The number of unbranched alkanes of at least 4 members (excludes halogenated alkanes) is 60. The zero-order valence-corrected chi connectivity index (χ0v) is 57.2. The van der Waals surface area contributed by atoms with E-state index in [1.54, 1.807) is 0 Å². The van der Waals surface area contributed by atoms with Crippen molar-refractivity contribution in [2.45, 2.75) is 462 Å². The molecule has 0 spiro atoms. The van der Waals surface area contributed by atoms with Crippen LogP contribution in [0.2, 0.25) is 0 Å². The Bertz CT molecular complexity index is 1290. The van der Waals surface area contributed by atoms with E-state index in [0.29, 0.717) is 12.8 Å². The number of hydrogen-bond donors (Lipinski definition) is 5. The van der Waals surface area contributed by atoms with Crippen molar-refractivity contribution in [2.24, 2.45) is 0 Å². The van der Waals surface area contributed by atoms with Gasteiger partial charge in [-0.05, 0) is 64.2 Å². The number of aliphatic hydroxyl groups is 4. The minimum absolute atomic E-state index is 0.367. The van der Waals surface area contributed by atoms with Gasteiger partial charge in [-0.2, -0.15) is 0 Å². The second-order valence-corrected chi connectivity index (χ2v) is 27.1. The third-order valence-electron chi connectivity index (χ3n) is 18.6. The molecule has 5 N–H and O–H groups in total. The van der Waals surface area contributed by atoms with Gasteiger partial charge in [0.2, 0.25) is 5.91 Å². The van der Waals surface area contributed by atoms with E-state index >= 15 is 0 Å². The van der Waals surface area contributed by atoms with Crippen LogP contribution in [-0.2, 0) is 4.79 Å². The van der Waals surface area contributed by atoms with Crippen LogP contribution in [0.4, 0.5) is 0 Å². The number of amides is 1. The van der Waals surface area contributed by atoms with Gasteiger partial charge in [0, 0.05) is 0 Å². The van der Waals surface area contributed by atoms with Crippen molar-refractivity contribution in [1.82, 2.24) is 5.32 Å². The van der Waals surface area contributed by atoms with Crippen LogP contribution in [0, 0.1) is 0 Å². The van der Waals surface area contributed by atoms with Crippen LogP contribution >= 0.6 is 0 Å². The van der Waals surface area contributed by atoms with Crippen LogP contribution < -0.4 is 5.32 Å². The Kier molecular flexibility index (Phi) is 71.5. The number of aliphatic hydroxyl groups excluding tert-OH is 4. The predicted octanol–water partition coefficient (Wildman–Crippen LogP) is 24.4. The maximum absolute atomic E-state index is 12.7. The molecule has 84 heavy (non-hydrogen) atoms. The molecule has 4 unspecified atom stereocenters. The summed E-state index contributed by atoms with van der Waals surface area (Å²) in [5.41, 5.74) is 0. The first-order valence-electron chi connectivity index (χ1n) is 38.7. The van der Waals surface area contributed by atoms with Gasteiger partial charge in [-0.25, -0.2) is 0 Å². The summed E-state index contributed by atoms with van der Waals surface area (Å²) in [5, 5.41) is 44.3. The van der Waals surface area contributed by atoms with Crippen molar-refractivity contribution in [2.75, 3.05) is 6.61 Å². The topological polar surface area (TPSA) is 110 Å². The molecule has 0 saturated carbocycles. The lowest BCUT2D eigenvalue weighted by Gasteiger charge is -2.27. The molecule has 0 aromatic rings. The van der Waals surface area contributed by atoms with E-state index < -0.39 is 36.9 Å². The molecule has 6 nitrogen and oxygen atoms in total. The number of nitrogens with one attached hydrogen (secondary N) is 1. The highest BCUT2D eigenvalue weighted by Gasteiger charge is 2.28. The molecule has 0 aromatic heterocycles. The average molecular weight is 1190 g/mol. The smallest absolute Gasteiger partial charge is 0.249 e. The second kappa shape index (κ2) is 72.5. The highest BCUT2D eigenvalue weighted by Crippen LogP contribution is 2.20. The lowest BCUT2D eigenvalue weighted by Crippen LogP contribution is -2.53. The van der Waals surface area contributed by atoms with Crippen molar-refractivity contribution >= 4 is 5.91 Å². The van der Waals surface area contributed by atoms with Gasteiger partial charge >= 0.3 is 0 Å². The molecule has 0 aliphatic carbocycles. The summed E-state index contributed by atoms with van der Waals surface area (Å²) in [6.07, 6.45) is 93.5. The second-order valence-electron chi connectivity index (χ2n) is 27.1. The van der Waals surface area contributed by atoms with Gasteiger partial charge in [-0.3, -0.25) is 4.79 Å². The largest absolute Gasteiger partial charge is 0.394 e. The van der Waals surface area contributed by atoms with Crippen LogP contribution in [0.15, 0.2) is 24.3 Å². The van der Waals surface area contributed by atoms with Crippen molar-refractivity contribution in [1.29, 1.82) is 0 Å². The number of carbonyl (C=O) groups excluding carboxylic acids is 1. The van der Waals surface area contributed by atoms with Crippen LogP contribution in [0.3, 0.4) is 0 Å². The van der Waals surface area contributed by atoms with Gasteiger partial charge < -0.3 is 25.7 Å². The molecule has 0 heterocycles. The molecule has 0 fully saturated rings. The Hall–Kier alpha value is -1.21. The highest BCUT2D eigenvalue weighted by molar-refractivity contribution is 5.80. The first-order chi connectivity index (χ1) is 41.5. The minimum atomic E-state index is -1.28. The summed E-state index contributed by atoms with van der Waals surface area (Å²) in [6, 6.07) is -1.00. The molecular weight excluding hydrogens is 1030 g/mol. The lowest BCUT2D eigenvalue weighted by atomic mass is 10.00. The molecule has 4 atom stereocenters. The normalized spacial score (nSPS) is 13.5. The van der Waals surface area contributed by atoms with E-state index in [4.69, 9.17) is 0 Å². The van der Waals surface area contributed by atoms with Crippen LogP contribution in [0.25, 0.3) is 0 Å². The maximum Gasteiger partial charge on any atom is 0.249 e. The summed E-state index contributed by atoms with van der Waals surface area (Å²) in [4.78, 5) is 12.7. The van der Waals surface area contributed by atoms with Gasteiger partial charge in [0.1, 0.15) is 12.2 Å². The number of allylic oxidation sites excluding steroid dienone is 4. The van der Waals surface area contributed by atoms with E-state index in [2.05, 4.69) is 43.5 Å². The number of hydrogen-bond acceptors (Lipinski definition) is 5. The van der Waals surface area contributed by atoms with Crippen molar-refractivity contribution in [3.8, 4) is 0 Å². The van der Waals surface area contributed by atoms with Gasteiger partial charge in [0.15, 0.2) is 0 Å². The Labute approximate surface area is 526 Å². The first-order valence-corrected chi connectivity index (χ1v) is 38.7. The fourth-order valence-corrected chi connectivity index (χ4v) is 12.6. The van der Waals surface area contributed by atoms with Gasteiger partial charge in [0.05, 0.1) is 18.8 Å². The quantitative estimate of drug-likeness (QED) is 0.0308. The Morgan fingerprint density at radius 1 is 0.286 bits per heavy atom. The molecular formula is C78H153NO5. The monoisotopic (exact) mass is 1180 g/mol. The molecule has 0 radical (unpaired) electrons. The van der Waals surface area contributed by atoms with Crippen molar-refractivity contribution < 1.29 is 25.2 Å². The SMILES string of the molecule is CCCCCCCCCCCCCCCCCCCC/C=C\CCCCCCCCCCCCCCCCCCC(O)C(=O)NC(CO)C(O)C(O)CCC/C=C/CCCCCCCCCCCCCCCCCCCCCCCCCCC. The summed E-state index contributed by atoms with van der Waals surface area (Å²) in [5.74, 6) is -0.585. The Morgan fingerprint density at radius 3 is 0.714 bits per heavy atom. The molecule has 0 rings (SSSR count). The van der Waals surface area contributed by atoms with Crippen molar-refractivity contribution in [3.05, 3.63) is 24.3 Å². The van der Waals surface area contributed by atoms with Gasteiger partial charge in [-0.15, -0.1) is 0 Å². The minimum Gasteiger partial charge on any atom is -0.394 e. The first kappa shape index (κ1) is 82.8. The molecule has 6 heteroatoms. The average Bonchev–Trinajstić information content (AvgIpc) is 3.53. The summed E-state index contributed by atoms with van der Waals surface area (Å²) in [7, 11) is 0. The lowest BCUT2D eigenvalue weighted by molar-refractivity contribution is -0.132. The number of rotatable bonds is 73. The van der Waals surface area contributed by atoms with Crippen LogP contribution in [0.5, 0.6) is 0 Å². The molecule has 1 amide bonds. The molecule has 0 aromatic carbocycles. The third-order valence-corrected chi connectivity index (χ3v) is 18.6. The molecule has 500 valence electrons. The van der Waals surface area contributed by atoms with Crippen molar-refractivity contribution in [3.63, 3.8) is 0 Å². The van der Waals surface area contributed by atoms with Crippen LogP contribution in [0.1, 0.15) is 438 Å². The van der Waals surface area contributed by atoms with Crippen LogP contribution in [-0.4, -0.2) is 57.3 Å². The predicted molar refractivity (Wildman–Crippen MR) is 371 cm³/mol. The van der Waals surface area contributed by atoms with Gasteiger partial charge in [-0.1, -0.05) is 398 Å². The Morgan fingerprint density at radius 2 is 0.488 bits per heavy atom. The fraction of sp³-hybridized carbons (Fsp3) is 0.936. The maximum atomic E-state index is 12.7. The highest BCUT2D eigenvalue weighted by atomic mass is 16.3. The zero-order chi connectivity index (χ0) is 60.8. The summed E-state index contributed by atoms with van der Waals surface area (Å²) in [6.45, 7) is 4.11. The standard InChI is InChI=1S/C78H153NO5/c1-3-5-7-9-11-13-15-17-19-21-23-25-27-29-31-33-35-36-37-38-39-40-41-42-44-46-48-50-52-54-56-58-60-62-64-66-68-70-72-76(82)78(84)79-74(73-80)77(83)75(81)71-69-67-65-63-61-59-57-55-53-51-49-47-45-43-34-32-30-28-26-24-22-20-18-16-14-12-10-8-6-4-2/h38-39,63,65,74-77,80-83H,3-37,40-62,64,66-73H2,1-2H3,(H,79,84)/b39-38-,65-63+. The van der Waals surface area contributed by atoms with E-state index in [1.807, 2.05) is 0 Å². The summed E-state index contributed by atoms with van der Waals surface area (Å²) >= 11 is 0. The van der Waals surface area contributed by atoms with E-state index in [-0.39, 0.29) is 0 Å². The van der Waals surface area contributed by atoms with E-state index in [9.17, 15) is 25.2 Å². The molecule has 0 bridgehead atoms. The Balaban J connectivity index is 3.52. The molecule has 0 saturated heterocycles. The van der Waals surface area contributed by atoms with Gasteiger partial charge in [0.25, 0.3) is 0 Å². The van der Waals surface area contributed by atoms with E-state index in [0.717, 1.165) is 38.5 Å². The zero-order valence-electron chi connectivity index (χ0n) is 57.2. The summed E-state index contributed by atoms with van der Waals surface area (Å²) < 4.78 is 0. The fourth-order valence-electron chi connectivity index (χ4n) is 12.6.